The Labute approximate surface area is 95.2 Å². The number of aryl methyl sites for hydroxylation is 2. The van der Waals surface area contributed by atoms with Gasteiger partial charge in [-0.25, -0.2) is 0 Å². The zero-order valence-corrected chi connectivity index (χ0v) is 9.75. The van der Waals surface area contributed by atoms with Crippen molar-refractivity contribution in [2.75, 3.05) is 6.54 Å². The van der Waals surface area contributed by atoms with E-state index in [9.17, 15) is 4.79 Å². The molecule has 3 N–H and O–H groups in total. The minimum absolute atomic E-state index is 0.0725. The summed E-state index contributed by atoms with van der Waals surface area (Å²) in [7, 11) is 0. The van der Waals surface area contributed by atoms with Crippen LogP contribution >= 0.6 is 0 Å². The summed E-state index contributed by atoms with van der Waals surface area (Å²) in [5.74, 6) is 1.93. The molecule has 4 nitrogen and oxygen atoms in total. The third-order valence-electron chi connectivity index (χ3n) is 3.05. The number of nitrogens with one attached hydrogen (secondary N) is 1. The SMILES string of the molecule is Cc1cc(C(=O)NC(CN)C2CC2)c(C)o1. The fourth-order valence-electron chi connectivity index (χ4n) is 1.97. The second kappa shape index (κ2) is 4.29. The summed E-state index contributed by atoms with van der Waals surface area (Å²) in [4.78, 5) is 12.0. The van der Waals surface area contributed by atoms with E-state index in [1.807, 2.05) is 6.92 Å². The second-order valence-electron chi connectivity index (χ2n) is 4.48. The van der Waals surface area contributed by atoms with Crippen molar-refractivity contribution in [1.29, 1.82) is 0 Å². The first-order valence-corrected chi connectivity index (χ1v) is 5.69. The van der Waals surface area contributed by atoms with Crippen molar-refractivity contribution in [1.82, 2.24) is 5.32 Å². The van der Waals surface area contributed by atoms with E-state index in [1.54, 1.807) is 13.0 Å². The van der Waals surface area contributed by atoms with Crippen LogP contribution in [0.4, 0.5) is 0 Å². The molecule has 0 spiro atoms. The van der Waals surface area contributed by atoms with Gasteiger partial charge < -0.3 is 15.5 Å². The zero-order valence-electron chi connectivity index (χ0n) is 9.75. The standard InChI is InChI=1S/C12H18N2O2/c1-7-5-10(8(2)16-7)12(15)14-11(6-13)9-3-4-9/h5,9,11H,3-4,6,13H2,1-2H3,(H,14,15). The molecular weight excluding hydrogens is 204 g/mol. The van der Waals surface area contributed by atoms with Crippen molar-refractivity contribution in [3.8, 4) is 0 Å². The number of rotatable bonds is 4. The number of furan rings is 1. The van der Waals surface area contributed by atoms with Crippen LogP contribution in [-0.4, -0.2) is 18.5 Å². The lowest BCUT2D eigenvalue weighted by molar-refractivity contribution is 0.0932. The smallest absolute Gasteiger partial charge is 0.255 e. The monoisotopic (exact) mass is 222 g/mol. The van der Waals surface area contributed by atoms with Gasteiger partial charge in [0.25, 0.3) is 5.91 Å². The third-order valence-corrected chi connectivity index (χ3v) is 3.05. The Morgan fingerprint density at radius 2 is 2.31 bits per heavy atom. The Morgan fingerprint density at radius 3 is 2.75 bits per heavy atom. The van der Waals surface area contributed by atoms with E-state index < -0.39 is 0 Å². The second-order valence-corrected chi connectivity index (χ2v) is 4.48. The Kier molecular flexibility index (Phi) is 3.01. The lowest BCUT2D eigenvalue weighted by Crippen LogP contribution is -2.41. The van der Waals surface area contributed by atoms with Gasteiger partial charge in [-0.15, -0.1) is 0 Å². The van der Waals surface area contributed by atoms with E-state index >= 15 is 0 Å². The Hall–Kier alpha value is -1.29. The first kappa shape index (κ1) is 11.2. The van der Waals surface area contributed by atoms with E-state index in [-0.39, 0.29) is 11.9 Å². The molecule has 88 valence electrons. The summed E-state index contributed by atoms with van der Waals surface area (Å²) in [6.07, 6.45) is 2.34. The molecule has 1 fully saturated rings. The summed E-state index contributed by atoms with van der Waals surface area (Å²) in [6, 6.07) is 1.88. The fourth-order valence-corrected chi connectivity index (χ4v) is 1.97. The highest BCUT2D eigenvalue weighted by atomic mass is 16.3. The summed E-state index contributed by atoms with van der Waals surface area (Å²) in [5.41, 5.74) is 6.27. The van der Waals surface area contributed by atoms with Gasteiger partial charge in [-0.05, 0) is 38.7 Å². The largest absolute Gasteiger partial charge is 0.466 e. The number of carbonyl (C=O) groups excluding carboxylic acids is 1. The number of amides is 1. The van der Waals surface area contributed by atoms with Gasteiger partial charge in [0.15, 0.2) is 0 Å². The van der Waals surface area contributed by atoms with Crippen molar-refractivity contribution < 1.29 is 9.21 Å². The molecule has 1 saturated carbocycles. The number of carbonyl (C=O) groups is 1. The van der Waals surface area contributed by atoms with Gasteiger partial charge in [0.2, 0.25) is 0 Å². The predicted octanol–water partition coefficient (Wildman–Crippen LogP) is 1.36. The normalized spacial score (nSPS) is 17.2. The van der Waals surface area contributed by atoms with Crippen LogP contribution in [0.25, 0.3) is 0 Å². The maximum Gasteiger partial charge on any atom is 0.255 e. The highest BCUT2D eigenvalue weighted by Gasteiger charge is 2.31. The van der Waals surface area contributed by atoms with Crippen molar-refractivity contribution >= 4 is 5.91 Å². The van der Waals surface area contributed by atoms with E-state index in [2.05, 4.69) is 5.32 Å². The lowest BCUT2D eigenvalue weighted by Gasteiger charge is -2.15. The van der Waals surface area contributed by atoms with Gasteiger partial charge in [0, 0.05) is 12.6 Å². The van der Waals surface area contributed by atoms with Gasteiger partial charge in [0.05, 0.1) is 5.56 Å². The van der Waals surface area contributed by atoms with Crippen molar-refractivity contribution in [2.45, 2.75) is 32.7 Å². The third kappa shape index (κ3) is 2.27. The average Bonchev–Trinajstić information content (AvgIpc) is 3.01. The fraction of sp³-hybridized carbons (Fsp3) is 0.583. The van der Waals surface area contributed by atoms with Crippen LogP contribution in [0.15, 0.2) is 10.5 Å². The number of hydrogen-bond donors (Lipinski definition) is 2. The van der Waals surface area contributed by atoms with Crippen LogP contribution in [0.2, 0.25) is 0 Å². The van der Waals surface area contributed by atoms with Crippen molar-refractivity contribution in [3.63, 3.8) is 0 Å². The van der Waals surface area contributed by atoms with Gasteiger partial charge >= 0.3 is 0 Å². The molecule has 16 heavy (non-hydrogen) atoms. The van der Waals surface area contributed by atoms with Crippen LogP contribution in [0.1, 0.15) is 34.7 Å². The van der Waals surface area contributed by atoms with Gasteiger partial charge in [-0.1, -0.05) is 0 Å². The Bertz CT molecular complexity index is 394. The molecule has 1 unspecified atom stereocenters. The molecule has 0 aliphatic heterocycles. The van der Waals surface area contributed by atoms with Gasteiger partial charge in [-0.3, -0.25) is 4.79 Å². The summed E-state index contributed by atoms with van der Waals surface area (Å²) in [6.45, 7) is 4.15. The van der Waals surface area contributed by atoms with Crippen molar-refractivity contribution in [2.24, 2.45) is 11.7 Å². The Morgan fingerprint density at radius 1 is 1.62 bits per heavy atom. The molecule has 1 atom stereocenters. The maximum atomic E-state index is 12.0. The topological polar surface area (TPSA) is 68.3 Å². The van der Waals surface area contributed by atoms with Gasteiger partial charge in [-0.2, -0.15) is 0 Å². The van der Waals surface area contributed by atoms with Crippen LogP contribution in [0.5, 0.6) is 0 Å². The molecule has 0 aromatic carbocycles. The predicted molar refractivity (Wildman–Crippen MR) is 61.2 cm³/mol. The average molecular weight is 222 g/mol. The zero-order chi connectivity index (χ0) is 11.7. The molecule has 1 heterocycles. The van der Waals surface area contributed by atoms with E-state index in [0.717, 1.165) is 5.76 Å². The summed E-state index contributed by atoms with van der Waals surface area (Å²) >= 11 is 0. The molecule has 0 saturated heterocycles. The van der Waals surface area contributed by atoms with Crippen LogP contribution in [0, 0.1) is 19.8 Å². The summed E-state index contributed by atoms with van der Waals surface area (Å²) < 4.78 is 5.33. The molecule has 1 aromatic rings. The molecule has 4 heteroatoms. The molecule has 0 radical (unpaired) electrons. The van der Waals surface area contributed by atoms with E-state index in [0.29, 0.717) is 23.8 Å². The molecule has 1 aromatic heterocycles. The van der Waals surface area contributed by atoms with E-state index in [1.165, 1.54) is 12.8 Å². The minimum atomic E-state index is -0.0725. The van der Waals surface area contributed by atoms with E-state index in [4.69, 9.17) is 10.2 Å². The maximum absolute atomic E-state index is 12.0. The minimum Gasteiger partial charge on any atom is -0.466 e. The lowest BCUT2D eigenvalue weighted by atomic mass is 10.1. The first-order chi connectivity index (χ1) is 7.61. The molecule has 0 bridgehead atoms. The van der Waals surface area contributed by atoms with Crippen LogP contribution < -0.4 is 11.1 Å². The molecule has 1 aliphatic rings. The number of hydrogen-bond acceptors (Lipinski definition) is 3. The molecular formula is C12H18N2O2. The molecule has 1 aliphatic carbocycles. The molecule has 1 amide bonds. The quantitative estimate of drug-likeness (QED) is 0.808. The first-order valence-electron chi connectivity index (χ1n) is 5.69. The van der Waals surface area contributed by atoms with Crippen LogP contribution in [0.3, 0.4) is 0 Å². The summed E-state index contributed by atoms with van der Waals surface area (Å²) in [5, 5.41) is 2.98. The highest BCUT2D eigenvalue weighted by Crippen LogP contribution is 2.32. The van der Waals surface area contributed by atoms with Crippen LogP contribution in [-0.2, 0) is 0 Å². The Balaban J connectivity index is 2.04. The number of nitrogens with two attached hydrogens (primary N) is 1. The molecule has 2 rings (SSSR count). The van der Waals surface area contributed by atoms with Crippen molar-refractivity contribution in [3.05, 3.63) is 23.2 Å². The van der Waals surface area contributed by atoms with Gasteiger partial charge in [0.1, 0.15) is 11.5 Å². The highest BCUT2D eigenvalue weighted by molar-refractivity contribution is 5.95.